The average Bonchev–Trinajstić information content (AvgIpc) is 2.46. The summed E-state index contributed by atoms with van der Waals surface area (Å²) in [4.78, 5) is 2.33. The highest BCUT2D eigenvalue weighted by atomic mass is 16.3. The van der Waals surface area contributed by atoms with Crippen molar-refractivity contribution in [2.45, 2.75) is 31.7 Å². The lowest BCUT2D eigenvalue weighted by Crippen LogP contribution is -2.30. The van der Waals surface area contributed by atoms with Crippen molar-refractivity contribution in [1.29, 1.82) is 0 Å². The Morgan fingerprint density at radius 2 is 2.00 bits per heavy atom. The van der Waals surface area contributed by atoms with Gasteiger partial charge in [-0.1, -0.05) is 0 Å². The van der Waals surface area contributed by atoms with E-state index in [0.717, 1.165) is 25.8 Å². The fraction of sp³-hybridized carbons (Fsp3) is 1.00. The Labute approximate surface area is 80.4 Å². The quantitative estimate of drug-likeness (QED) is 0.657. The van der Waals surface area contributed by atoms with E-state index in [1.807, 2.05) is 0 Å². The summed E-state index contributed by atoms with van der Waals surface area (Å²) >= 11 is 0. The van der Waals surface area contributed by atoms with E-state index in [-0.39, 0.29) is 6.61 Å². The highest BCUT2D eigenvalue weighted by Gasteiger charge is 2.30. The normalized spacial score (nSPS) is 29.8. The van der Waals surface area contributed by atoms with Gasteiger partial charge in [-0.15, -0.1) is 0 Å². The maximum Gasteiger partial charge on any atom is 0.0446 e. The lowest BCUT2D eigenvalue weighted by atomic mass is 9.93. The maximum atomic E-state index is 8.91. The minimum Gasteiger partial charge on any atom is -0.396 e. The molecule has 0 amide bonds. The Hall–Kier alpha value is -0.120. The summed E-state index contributed by atoms with van der Waals surface area (Å²) in [5.41, 5.74) is 0. The molecule has 3 nitrogen and oxygen atoms in total. The minimum atomic E-state index is 0.282. The standard InChI is InChI=1S/C10H21NO2/c1-11-6-4-9(3-2-7-12)10(11)5-8-13/h9-10,12-13H,2-8H2,1H3. The first-order valence-corrected chi connectivity index (χ1v) is 5.21. The van der Waals surface area contributed by atoms with Crippen LogP contribution in [0.1, 0.15) is 25.7 Å². The monoisotopic (exact) mass is 187 g/mol. The van der Waals surface area contributed by atoms with Crippen LogP contribution in [-0.4, -0.2) is 48.0 Å². The Kier molecular flexibility index (Phi) is 4.70. The van der Waals surface area contributed by atoms with E-state index in [0.29, 0.717) is 18.6 Å². The number of aliphatic hydroxyl groups excluding tert-OH is 2. The minimum absolute atomic E-state index is 0.282. The molecule has 78 valence electrons. The van der Waals surface area contributed by atoms with Crippen molar-refractivity contribution < 1.29 is 10.2 Å². The van der Waals surface area contributed by atoms with Crippen molar-refractivity contribution in [3.8, 4) is 0 Å². The van der Waals surface area contributed by atoms with Gasteiger partial charge in [0.05, 0.1) is 0 Å². The Morgan fingerprint density at radius 1 is 1.23 bits per heavy atom. The first-order chi connectivity index (χ1) is 6.29. The third-order valence-corrected chi connectivity index (χ3v) is 3.12. The van der Waals surface area contributed by atoms with E-state index in [4.69, 9.17) is 10.2 Å². The van der Waals surface area contributed by atoms with Gasteiger partial charge >= 0.3 is 0 Å². The molecule has 1 aliphatic heterocycles. The molecule has 0 aromatic rings. The van der Waals surface area contributed by atoms with Crippen molar-refractivity contribution in [3.63, 3.8) is 0 Å². The van der Waals surface area contributed by atoms with E-state index in [9.17, 15) is 0 Å². The van der Waals surface area contributed by atoms with Crippen LogP contribution in [0.5, 0.6) is 0 Å². The molecule has 1 heterocycles. The van der Waals surface area contributed by atoms with E-state index >= 15 is 0 Å². The molecule has 3 heteroatoms. The third-order valence-electron chi connectivity index (χ3n) is 3.12. The van der Waals surface area contributed by atoms with Gasteiger partial charge in [-0.3, -0.25) is 0 Å². The van der Waals surface area contributed by atoms with Gasteiger partial charge in [0, 0.05) is 19.3 Å². The van der Waals surface area contributed by atoms with Crippen LogP contribution in [0, 0.1) is 5.92 Å². The number of likely N-dealkylation sites (tertiary alicyclic amines) is 1. The number of hydrogen-bond acceptors (Lipinski definition) is 3. The van der Waals surface area contributed by atoms with Gasteiger partial charge in [-0.25, -0.2) is 0 Å². The lowest BCUT2D eigenvalue weighted by Gasteiger charge is -2.24. The second kappa shape index (κ2) is 5.58. The van der Waals surface area contributed by atoms with Gasteiger partial charge in [0.2, 0.25) is 0 Å². The zero-order valence-electron chi connectivity index (χ0n) is 8.45. The summed E-state index contributed by atoms with van der Waals surface area (Å²) in [5, 5.41) is 17.7. The molecule has 1 saturated heterocycles. The first-order valence-electron chi connectivity index (χ1n) is 5.21. The van der Waals surface area contributed by atoms with E-state index in [1.54, 1.807) is 0 Å². The van der Waals surface area contributed by atoms with Gasteiger partial charge in [0.1, 0.15) is 0 Å². The van der Waals surface area contributed by atoms with Gasteiger partial charge in [-0.2, -0.15) is 0 Å². The van der Waals surface area contributed by atoms with Crippen LogP contribution in [0.25, 0.3) is 0 Å². The SMILES string of the molecule is CN1CCC(CCCO)C1CCO. The molecule has 2 atom stereocenters. The fourth-order valence-corrected chi connectivity index (χ4v) is 2.37. The van der Waals surface area contributed by atoms with Crippen molar-refractivity contribution in [2.75, 3.05) is 26.8 Å². The molecule has 0 aliphatic carbocycles. The molecule has 1 fully saturated rings. The Balaban J connectivity index is 2.34. The summed E-state index contributed by atoms with van der Waals surface area (Å²) in [7, 11) is 2.12. The molecule has 2 N–H and O–H groups in total. The van der Waals surface area contributed by atoms with Crippen LogP contribution in [0.2, 0.25) is 0 Å². The second-order valence-electron chi connectivity index (χ2n) is 3.97. The third kappa shape index (κ3) is 2.93. The molecule has 13 heavy (non-hydrogen) atoms. The molecular formula is C10H21NO2. The van der Waals surface area contributed by atoms with Crippen molar-refractivity contribution in [2.24, 2.45) is 5.92 Å². The van der Waals surface area contributed by atoms with Gasteiger partial charge < -0.3 is 15.1 Å². The number of rotatable bonds is 5. The molecule has 0 radical (unpaired) electrons. The summed E-state index contributed by atoms with van der Waals surface area (Å²) in [6.45, 7) is 1.72. The van der Waals surface area contributed by atoms with Crippen LogP contribution < -0.4 is 0 Å². The molecule has 0 saturated carbocycles. The summed E-state index contributed by atoms with van der Waals surface area (Å²) in [6, 6.07) is 0.538. The van der Waals surface area contributed by atoms with Gasteiger partial charge in [-0.05, 0) is 45.2 Å². The number of aliphatic hydroxyl groups is 2. The topological polar surface area (TPSA) is 43.7 Å². The van der Waals surface area contributed by atoms with E-state index in [1.165, 1.54) is 6.42 Å². The molecule has 0 bridgehead atoms. The fourth-order valence-electron chi connectivity index (χ4n) is 2.37. The van der Waals surface area contributed by atoms with Gasteiger partial charge in [0.25, 0.3) is 0 Å². The largest absolute Gasteiger partial charge is 0.396 e. The lowest BCUT2D eigenvalue weighted by molar-refractivity contribution is 0.185. The molecule has 2 unspecified atom stereocenters. The first kappa shape index (κ1) is 11.0. The second-order valence-corrected chi connectivity index (χ2v) is 3.97. The predicted octanol–water partition coefficient (Wildman–Crippen LogP) is 0.462. The molecule has 0 spiro atoms. The molecule has 1 aliphatic rings. The molecule has 1 rings (SSSR count). The summed E-state index contributed by atoms with van der Waals surface area (Å²) < 4.78 is 0. The highest BCUT2D eigenvalue weighted by Crippen LogP contribution is 2.28. The zero-order valence-corrected chi connectivity index (χ0v) is 8.45. The Bertz CT molecular complexity index is 141. The van der Waals surface area contributed by atoms with E-state index in [2.05, 4.69) is 11.9 Å². The number of hydrogen-bond donors (Lipinski definition) is 2. The summed E-state index contributed by atoms with van der Waals surface area (Å²) in [5.74, 6) is 0.685. The van der Waals surface area contributed by atoms with Gasteiger partial charge in [0.15, 0.2) is 0 Å². The predicted molar refractivity (Wildman–Crippen MR) is 52.5 cm³/mol. The molecule has 0 aromatic heterocycles. The highest BCUT2D eigenvalue weighted by molar-refractivity contribution is 4.84. The van der Waals surface area contributed by atoms with E-state index < -0.39 is 0 Å². The van der Waals surface area contributed by atoms with Crippen LogP contribution >= 0.6 is 0 Å². The smallest absolute Gasteiger partial charge is 0.0446 e. The number of nitrogens with zero attached hydrogens (tertiary/aromatic N) is 1. The molecular weight excluding hydrogens is 166 g/mol. The van der Waals surface area contributed by atoms with Crippen molar-refractivity contribution in [3.05, 3.63) is 0 Å². The summed E-state index contributed by atoms with van der Waals surface area (Å²) in [6.07, 6.45) is 4.11. The average molecular weight is 187 g/mol. The van der Waals surface area contributed by atoms with Crippen molar-refractivity contribution >= 4 is 0 Å². The maximum absolute atomic E-state index is 8.91. The van der Waals surface area contributed by atoms with Crippen LogP contribution in [0.15, 0.2) is 0 Å². The Morgan fingerprint density at radius 3 is 2.62 bits per heavy atom. The van der Waals surface area contributed by atoms with Crippen LogP contribution in [0.4, 0.5) is 0 Å². The van der Waals surface area contributed by atoms with Crippen LogP contribution in [-0.2, 0) is 0 Å². The van der Waals surface area contributed by atoms with Crippen molar-refractivity contribution in [1.82, 2.24) is 4.90 Å². The van der Waals surface area contributed by atoms with Crippen LogP contribution in [0.3, 0.4) is 0 Å². The molecule has 0 aromatic carbocycles. The zero-order chi connectivity index (χ0) is 9.68.